The second-order valence-electron chi connectivity index (χ2n) is 12.5. The van der Waals surface area contributed by atoms with Crippen LogP contribution in [0.25, 0.3) is 78.0 Å². The molecule has 4 heterocycles. The summed E-state index contributed by atoms with van der Waals surface area (Å²) in [5.74, 6) is 0.989. The molecule has 0 fully saturated rings. The smallest absolute Gasteiger partial charge is 0.269 e. The summed E-state index contributed by atoms with van der Waals surface area (Å²) in [5, 5.41) is 1.62. The molecule has 0 N–H and O–H groups in total. The number of imidazole rings is 1. The molecule has 0 spiro atoms. The number of aryl methyl sites for hydroxylation is 1. The number of hydrogen-bond donors (Lipinski definition) is 0. The number of nitrogens with zero attached hydrogens (tertiary/aromatic N) is 4. The Hall–Kier alpha value is -7.31. The number of para-hydroxylation sites is 3. The SMILES string of the molecule is [2H]c1c([2H])c([2H])c(-c2cccc(-c3c([2H])c([2H])c([2H])c([2H])c3[2H])c2-[n+]2[c-]n(-c3cccc(Oc4cc(-c5ccccn5)c5oc6nc(C)ccc6c5c4)c3)c3ccccc32)c([2H])c1[2H]. The van der Waals surface area contributed by atoms with Crippen molar-refractivity contribution in [1.82, 2.24) is 14.5 Å². The van der Waals surface area contributed by atoms with Crippen molar-refractivity contribution in [1.29, 1.82) is 0 Å². The second-order valence-corrected chi connectivity index (χ2v) is 12.5. The van der Waals surface area contributed by atoms with Crippen molar-refractivity contribution >= 4 is 33.1 Å². The van der Waals surface area contributed by atoms with Gasteiger partial charge >= 0.3 is 0 Å². The zero-order chi connectivity index (χ0) is 44.7. The zero-order valence-corrected chi connectivity index (χ0v) is 28.6. The number of benzene rings is 6. The summed E-state index contributed by atoms with van der Waals surface area (Å²) in [5.41, 5.74) is 5.34. The topological polar surface area (TPSA) is 57.0 Å². The van der Waals surface area contributed by atoms with Crippen molar-refractivity contribution in [2.24, 2.45) is 0 Å². The molecule has 0 bridgehead atoms. The van der Waals surface area contributed by atoms with E-state index in [1.54, 1.807) is 39.6 Å². The average molecular weight is 707 g/mol. The third kappa shape index (κ3) is 5.49. The molecule has 0 amide bonds. The summed E-state index contributed by atoms with van der Waals surface area (Å²) in [4.78, 5) is 9.22. The van der Waals surface area contributed by atoms with E-state index in [0.29, 0.717) is 45.2 Å². The lowest BCUT2D eigenvalue weighted by atomic mass is 9.95. The number of ether oxygens (including phenoxy) is 1. The van der Waals surface area contributed by atoms with Crippen LogP contribution in [0.3, 0.4) is 0 Å². The zero-order valence-electron chi connectivity index (χ0n) is 38.6. The molecular formula is C48H32N4O2. The molecule has 10 aromatic rings. The van der Waals surface area contributed by atoms with Gasteiger partial charge in [-0.2, -0.15) is 0 Å². The minimum atomic E-state index is -0.571. The van der Waals surface area contributed by atoms with Crippen LogP contribution in [0.2, 0.25) is 0 Å². The van der Waals surface area contributed by atoms with Crippen LogP contribution in [0.15, 0.2) is 180 Å². The van der Waals surface area contributed by atoms with E-state index in [1.807, 2.05) is 91.9 Å². The van der Waals surface area contributed by atoms with E-state index < -0.39 is 60.4 Å². The first-order valence-electron chi connectivity index (χ1n) is 22.1. The highest BCUT2D eigenvalue weighted by atomic mass is 16.5. The number of hydrogen-bond acceptors (Lipinski definition) is 4. The van der Waals surface area contributed by atoms with Crippen LogP contribution in [0, 0.1) is 13.3 Å². The maximum Gasteiger partial charge on any atom is 0.269 e. The Kier molecular flexibility index (Phi) is 5.45. The Morgan fingerprint density at radius 3 is 2.19 bits per heavy atom. The molecule has 0 aliphatic carbocycles. The lowest BCUT2D eigenvalue weighted by molar-refractivity contribution is -0.571. The third-order valence-corrected chi connectivity index (χ3v) is 9.17. The Balaban J connectivity index is 1.18. The summed E-state index contributed by atoms with van der Waals surface area (Å²) in [7, 11) is 0. The van der Waals surface area contributed by atoms with Crippen LogP contribution in [0.5, 0.6) is 11.5 Å². The van der Waals surface area contributed by atoms with Crippen LogP contribution in [0.4, 0.5) is 0 Å². The van der Waals surface area contributed by atoms with Gasteiger partial charge in [0.05, 0.1) is 41.8 Å². The fourth-order valence-corrected chi connectivity index (χ4v) is 6.79. The Morgan fingerprint density at radius 1 is 0.685 bits per heavy atom. The van der Waals surface area contributed by atoms with Gasteiger partial charge in [-0.15, -0.1) is 0 Å². The Morgan fingerprint density at radius 2 is 1.43 bits per heavy atom. The third-order valence-electron chi connectivity index (χ3n) is 9.17. The molecular weight excluding hydrogens is 665 g/mol. The summed E-state index contributed by atoms with van der Waals surface area (Å²) < 4.78 is 103. The highest BCUT2D eigenvalue weighted by Crippen LogP contribution is 2.40. The molecule has 0 saturated carbocycles. The van der Waals surface area contributed by atoms with E-state index in [1.165, 1.54) is 0 Å². The van der Waals surface area contributed by atoms with Crippen molar-refractivity contribution in [3.63, 3.8) is 0 Å². The molecule has 6 heteroatoms. The highest BCUT2D eigenvalue weighted by Gasteiger charge is 2.21. The molecule has 0 aliphatic heterocycles. The fraction of sp³-hybridized carbons (Fsp3) is 0.0208. The van der Waals surface area contributed by atoms with Crippen LogP contribution >= 0.6 is 0 Å². The van der Waals surface area contributed by atoms with Gasteiger partial charge in [0.25, 0.3) is 6.33 Å². The number of aromatic nitrogens is 4. The standard InChI is InChI=1S/C48H32N4O2/c1-32-25-26-40-41-29-37(30-42(43-22-10-11-27-49-43)47(41)54-48(40)50-32)53-36-19-12-18-35(28-36)51-31-52(45-24-9-8-23-44(45)51)46-38(33-14-4-2-5-15-33)20-13-21-39(46)34-16-6-3-7-17-34/h2-30H,1H3/i2D,3D,4D,5D,6D,7D,14D,15D,16D,17D. The molecule has 6 nitrogen and oxygen atoms in total. The second kappa shape index (κ2) is 13.0. The van der Waals surface area contributed by atoms with Crippen LogP contribution in [-0.4, -0.2) is 14.5 Å². The van der Waals surface area contributed by atoms with E-state index >= 15 is 0 Å². The normalized spacial score (nSPS) is 14.0. The van der Waals surface area contributed by atoms with Gasteiger partial charge < -0.3 is 9.15 Å². The first-order chi connectivity index (χ1) is 30.8. The first kappa shape index (κ1) is 22.6. The maximum absolute atomic E-state index is 8.97. The van der Waals surface area contributed by atoms with E-state index in [0.717, 1.165) is 22.0 Å². The predicted molar refractivity (Wildman–Crippen MR) is 214 cm³/mol. The first-order valence-corrected chi connectivity index (χ1v) is 17.1. The van der Waals surface area contributed by atoms with Gasteiger partial charge in [-0.25, -0.2) is 4.98 Å². The summed E-state index contributed by atoms with van der Waals surface area (Å²) in [6, 6.07) is 27.4. The molecule has 0 atom stereocenters. The molecule has 0 unspecified atom stereocenters. The van der Waals surface area contributed by atoms with Crippen LogP contribution in [0.1, 0.15) is 19.4 Å². The van der Waals surface area contributed by atoms with E-state index in [4.69, 9.17) is 22.9 Å². The van der Waals surface area contributed by atoms with Gasteiger partial charge in [-0.1, -0.05) is 115 Å². The van der Waals surface area contributed by atoms with Crippen molar-refractivity contribution in [3.05, 3.63) is 188 Å². The largest absolute Gasteiger partial charge is 0.458 e. The molecule has 10 rings (SSSR count). The summed E-state index contributed by atoms with van der Waals surface area (Å²) in [6.45, 7) is 1.90. The van der Waals surface area contributed by atoms with Gasteiger partial charge in [-0.3, -0.25) is 14.1 Å². The van der Waals surface area contributed by atoms with Crippen molar-refractivity contribution in [2.75, 3.05) is 0 Å². The molecule has 4 aromatic heterocycles. The lowest BCUT2D eigenvalue weighted by Gasteiger charge is -2.17. The molecule has 54 heavy (non-hydrogen) atoms. The monoisotopic (exact) mass is 706 g/mol. The summed E-state index contributed by atoms with van der Waals surface area (Å²) in [6.07, 6.45) is 5.12. The molecule has 256 valence electrons. The number of furan rings is 1. The minimum absolute atomic E-state index is 0.137. The van der Waals surface area contributed by atoms with Gasteiger partial charge in [0.2, 0.25) is 5.71 Å². The predicted octanol–water partition coefficient (Wildman–Crippen LogP) is 11.5. The van der Waals surface area contributed by atoms with Crippen molar-refractivity contribution in [3.8, 4) is 56.4 Å². The van der Waals surface area contributed by atoms with Gasteiger partial charge in [0, 0.05) is 28.2 Å². The van der Waals surface area contributed by atoms with Crippen LogP contribution in [-0.2, 0) is 0 Å². The fourth-order valence-electron chi connectivity index (χ4n) is 6.79. The molecule has 0 radical (unpaired) electrons. The lowest BCUT2D eigenvalue weighted by Crippen LogP contribution is -2.31. The quantitative estimate of drug-likeness (QED) is 0.122. The van der Waals surface area contributed by atoms with E-state index in [2.05, 4.69) is 16.3 Å². The van der Waals surface area contributed by atoms with Gasteiger partial charge in [0.1, 0.15) is 17.1 Å². The number of fused-ring (bicyclic) bond motifs is 4. The molecule has 0 aliphatic rings. The summed E-state index contributed by atoms with van der Waals surface area (Å²) >= 11 is 0. The van der Waals surface area contributed by atoms with Crippen LogP contribution < -0.4 is 9.30 Å². The van der Waals surface area contributed by atoms with Gasteiger partial charge in [-0.05, 0) is 83.8 Å². The van der Waals surface area contributed by atoms with E-state index in [9.17, 15) is 0 Å². The molecule has 0 saturated heterocycles. The average Bonchev–Trinajstić information content (AvgIpc) is 3.87. The highest BCUT2D eigenvalue weighted by molar-refractivity contribution is 6.09. The van der Waals surface area contributed by atoms with Crippen molar-refractivity contribution < 1.29 is 27.4 Å². The Bertz CT molecular complexity index is 3430. The Labute approximate surface area is 325 Å². The minimum Gasteiger partial charge on any atom is -0.458 e. The molecule has 6 aromatic carbocycles. The van der Waals surface area contributed by atoms with Gasteiger partial charge in [0.15, 0.2) is 0 Å². The maximum atomic E-state index is 8.97. The number of pyridine rings is 2. The van der Waals surface area contributed by atoms with Crippen molar-refractivity contribution in [2.45, 2.75) is 6.92 Å². The number of rotatable bonds is 7. The van der Waals surface area contributed by atoms with E-state index in [-0.39, 0.29) is 27.9 Å².